The molecular weight excluding hydrogens is 434 g/mol. The number of aliphatic hydroxyl groups excluding tert-OH is 1. The van der Waals surface area contributed by atoms with Crippen molar-refractivity contribution in [3.8, 4) is 16.9 Å². The van der Waals surface area contributed by atoms with Crippen LogP contribution >= 0.6 is 0 Å². The molecule has 176 valence electrons. The van der Waals surface area contributed by atoms with Gasteiger partial charge in [0.2, 0.25) is 0 Å². The summed E-state index contributed by atoms with van der Waals surface area (Å²) in [6, 6.07) is 28.9. The molecule has 3 aromatic rings. The molecule has 0 saturated carbocycles. The molecule has 1 fully saturated rings. The van der Waals surface area contributed by atoms with E-state index in [1.807, 2.05) is 36.4 Å². The van der Waals surface area contributed by atoms with Crippen LogP contribution in [0.25, 0.3) is 11.1 Å². The van der Waals surface area contributed by atoms with Crippen molar-refractivity contribution >= 4 is 0 Å². The number of hydrogen-bond acceptors (Lipinski definition) is 3. The van der Waals surface area contributed by atoms with E-state index in [0.717, 1.165) is 35.4 Å². The number of aliphatic hydroxyl groups is 1. The van der Waals surface area contributed by atoms with Crippen molar-refractivity contribution in [1.82, 2.24) is 0 Å². The molecule has 3 unspecified atom stereocenters. The lowest BCUT2D eigenvalue weighted by Crippen LogP contribution is -3.00. The van der Waals surface area contributed by atoms with E-state index in [9.17, 15) is 5.11 Å². The first-order valence-electron chi connectivity index (χ1n) is 11.5. The van der Waals surface area contributed by atoms with E-state index in [-0.39, 0.29) is 31.2 Å². The maximum Gasteiger partial charge on any atom is 0.137 e. The Bertz CT molecular complexity index is 955. The molecule has 0 aromatic heterocycles. The summed E-state index contributed by atoms with van der Waals surface area (Å²) in [5.74, 6) is 0.780. The van der Waals surface area contributed by atoms with Crippen LogP contribution in [0.4, 0.5) is 0 Å². The highest BCUT2D eigenvalue weighted by Gasteiger charge is 2.39. The van der Waals surface area contributed by atoms with Crippen LogP contribution < -0.4 is 17.1 Å². The summed E-state index contributed by atoms with van der Waals surface area (Å²) >= 11 is 0. The van der Waals surface area contributed by atoms with Gasteiger partial charge in [0.15, 0.2) is 0 Å². The lowest BCUT2D eigenvalue weighted by Gasteiger charge is -2.47. The van der Waals surface area contributed by atoms with Crippen LogP contribution in [0.2, 0.25) is 0 Å². The van der Waals surface area contributed by atoms with Crippen molar-refractivity contribution in [1.29, 1.82) is 0 Å². The average molecular weight is 468 g/mol. The molecule has 4 rings (SSSR count). The van der Waals surface area contributed by atoms with Crippen LogP contribution in [0.3, 0.4) is 0 Å². The highest BCUT2D eigenvalue weighted by Crippen LogP contribution is 2.25. The van der Waals surface area contributed by atoms with Crippen molar-refractivity contribution in [3.05, 3.63) is 90.5 Å². The van der Waals surface area contributed by atoms with E-state index >= 15 is 0 Å². The molecule has 3 aromatic carbocycles. The number of nitrogens with zero attached hydrogens (tertiary/aromatic N) is 1. The summed E-state index contributed by atoms with van der Waals surface area (Å²) in [5.41, 5.74) is 3.63. The molecule has 0 spiro atoms. The quantitative estimate of drug-likeness (QED) is 0.514. The Balaban J connectivity index is 0.00000306. The van der Waals surface area contributed by atoms with Crippen molar-refractivity contribution in [2.24, 2.45) is 0 Å². The second-order valence-corrected chi connectivity index (χ2v) is 9.15. The van der Waals surface area contributed by atoms with E-state index in [4.69, 9.17) is 9.47 Å². The van der Waals surface area contributed by atoms with Crippen LogP contribution in [0, 0.1) is 0 Å². The summed E-state index contributed by atoms with van der Waals surface area (Å²) in [4.78, 5) is 0. The van der Waals surface area contributed by atoms with E-state index in [1.165, 1.54) is 11.1 Å². The Hall–Kier alpha value is -2.37. The minimum absolute atomic E-state index is 0. The number of quaternary nitrogens is 1. The zero-order valence-corrected chi connectivity index (χ0v) is 20.2. The topological polar surface area (TPSA) is 38.7 Å². The van der Waals surface area contributed by atoms with Gasteiger partial charge in [-0.2, -0.15) is 0 Å². The number of halogens is 1. The normalized spacial score (nSPS) is 23.4. The number of morpholine rings is 1. The summed E-state index contributed by atoms with van der Waals surface area (Å²) < 4.78 is 12.8. The monoisotopic (exact) mass is 467 g/mol. The molecule has 0 radical (unpaired) electrons. The van der Waals surface area contributed by atoms with Crippen molar-refractivity contribution in [2.45, 2.75) is 38.7 Å². The summed E-state index contributed by atoms with van der Waals surface area (Å²) in [7, 11) is 0. The first kappa shape index (κ1) is 25.3. The molecule has 5 heteroatoms. The zero-order valence-electron chi connectivity index (χ0n) is 19.4. The van der Waals surface area contributed by atoms with Gasteiger partial charge in [0.1, 0.15) is 56.8 Å². The van der Waals surface area contributed by atoms with Crippen LogP contribution in [0.15, 0.2) is 84.9 Å². The van der Waals surface area contributed by atoms with Gasteiger partial charge in [0, 0.05) is 5.56 Å². The molecule has 3 atom stereocenters. The third-order valence-corrected chi connectivity index (χ3v) is 6.12. The Labute approximate surface area is 203 Å². The number of hydrogen-bond donors (Lipinski definition) is 1. The lowest BCUT2D eigenvalue weighted by molar-refractivity contribution is -0.956. The van der Waals surface area contributed by atoms with Gasteiger partial charge in [-0.25, -0.2) is 0 Å². The van der Waals surface area contributed by atoms with Crippen LogP contribution in [0.1, 0.15) is 19.4 Å². The van der Waals surface area contributed by atoms with Gasteiger partial charge in [-0.15, -0.1) is 0 Å². The van der Waals surface area contributed by atoms with Gasteiger partial charge in [-0.05, 0) is 37.1 Å². The van der Waals surface area contributed by atoms with E-state index in [0.29, 0.717) is 6.54 Å². The molecule has 0 bridgehead atoms. The fourth-order valence-corrected chi connectivity index (χ4v) is 5.03. The van der Waals surface area contributed by atoms with Gasteiger partial charge < -0.3 is 31.5 Å². The summed E-state index contributed by atoms with van der Waals surface area (Å²) in [5, 5.41) is 10.9. The maximum atomic E-state index is 10.9. The largest absolute Gasteiger partial charge is 1.00 e. The molecule has 4 nitrogen and oxygen atoms in total. The SMILES string of the molecule is CC1C[N+](Cc2ccccc2)(CC(O)COc2ccc(-c3ccccc3)cc2)CC(C)O1.[Cl-]. The Morgan fingerprint density at radius 3 is 2.00 bits per heavy atom. The first-order valence-corrected chi connectivity index (χ1v) is 11.5. The van der Waals surface area contributed by atoms with E-state index in [2.05, 4.69) is 62.4 Å². The Morgan fingerprint density at radius 2 is 1.39 bits per heavy atom. The minimum atomic E-state index is -0.551. The van der Waals surface area contributed by atoms with E-state index < -0.39 is 6.10 Å². The average Bonchev–Trinajstić information content (AvgIpc) is 2.78. The van der Waals surface area contributed by atoms with Crippen molar-refractivity contribution in [3.63, 3.8) is 0 Å². The molecule has 1 aliphatic heterocycles. The molecular formula is C28H34ClNO3. The molecule has 33 heavy (non-hydrogen) atoms. The van der Waals surface area contributed by atoms with Crippen molar-refractivity contribution in [2.75, 3.05) is 26.2 Å². The van der Waals surface area contributed by atoms with Crippen LogP contribution in [-0.4, -0.2) is 54.1 Å². The predicted molar refractivity (Wildman–Crippen MR) is 128 cm³/mol. The molecule has 1 N–H and O–H groups in total. The Morgan fingerprint density at radius 1 is 0.848 bits per heavy atom. The van der Waals surface area contributed by atoms with Gasteiger partial charge in [-0.3, -0.25) is 0 Å². The number of benzene rings is 3. The molecule has 0 aliphatic carbocycles. The van der Waals surface area contributed by atoms with Gasteiger partial charge in [0.05, 0.1) is 0 Å². The molecule has 1 heterocycles. The van der Waals surface area contributed by atoms with Gasteiger partial charge >= 0.3 is 0 Å². The highest BCUT2D eigenvalue weighted by molar-refractivity contribution is 5.63. The first-order chi connectivity index (χ1) is 15.5. The standard InChI is InChI=1S/C28H34NO3.ClH/c1-22-17-29(18-23(2)32-22,19-24-9-5-3-6-10-24)20-27(30)21-31-28-15-13-26(14-16-28)25-11-7-4-8-12-25;/h3-16,22-23,27,30H,17-21H2,1-2H3;1H/q+1;/p-1. The summed E-state index contributed by atoms with van der Waals surface area (Å²) in [6.07, 6.45) is -0.216. The predicted octanol–water partition coefficient (Wildman–Crippen LogP) is 1.92. The van der Waals surface area contributed by atoms with Crippen molar-refractivity contribution < 1.29 is 31.5 Å². The van der Waals surface area contributed by atoms with Crippen LogP contribution in [0.5, 0.6) is 5.75 Å². The second-order valence-electron chi connectivity index (χ2n) is 9.15. The third-order valence-electron chi connectivity index (χ3n) is 6.12. The maximum absolute atomic E-state index is 10.9. The van der Waals surface area contributed by atoms with E-state index in [1.54, 1.807) is 0 Å². The highest BCUT2D eigenvalue weighted by atomic mass is 35.5. The number of ether oxygens (including phenoxy) is 2. The fraction of sp³-hybridized carbons (Fsp3) is 0.357. The number of rotatable bonds is 8. The third kappa shape index (κ3) is 7.05. The van der Waals surface area contributed by atoms with Crippen LogP contribution in [-0.2, 0) is 11.3 Å². The smallest absolute Gasteiger partial charge is 0.137 e. The molecule has 0 amide bonds. The lowest BCUT2D eigenvalue weighted by atomic mass is 10.1. The van der Waals surface area contributed by atoms with Gasteiger partial charge in [0.25, 0.3) is 0 Å². The fourth-order valence-electron chi connectivity index (χ4n) is 5.03. The second kappa shape index (κ2) is 11.7. The molecule has 1 aliphatic rings. The summed E-state index contributed by atoms with van der Waals surface area (Å²) in [6.45, 7) is 7.86. The van der Waals surface area contributed by atoms with Gasteiger partial charge in [-0.1, -0.05) is 72.8 Å². The molecule has 1 saturated heterocycles. The Kier molecular flexibility index (Phi) is 8.93. The zero-order chi connectivity index (χ0) is 22.4. The minimum Gasteiger partial charge on any atom is -1.00 e.